The Bertz CT molecular complexity index is 1360. The highest BCUT2D eigenvalue weighted by Gasteiger charge is 2.46. The number of aromatic nitrogens is 3. The first-order valence-electron chi connectivity index (χ1n) is 11.7. The van der Waals surface area contributed by atoms with E-state index in [1.165, 1.54) is 9.71 Å². The molecule has 0 radical (unpaired) electrons. The number of aryl methyl sites for hydroxylation is 2. The van der Waals surface area contributed by atoms with Crippen molar-refractivity contribution in [1.29, 1.82) is 0 Å². The van der Waals surface area contributed by atoms with Gasteiger partial charge in [0, 0.05) is 45.8 Å². The number of hydrogen-bond acceptors (Lipinski definition) is 9. The molecule has 0 fully saturated rings. The third kappa shape index (κ3) is 4.61. The Labute approximate surface area is 214 Å². The van der Waals surface area contributed by atoms with Crippen molar-refractivity contribution in [3.63, 3.8) is 0 Å². The van der Waals surface area contributed by atoms with Crippen LogP contribution in [0.1, 0.15) is 17.0 Å². The van der Waals surface area contributed by atoms with Crippen molar-refractivity contribution >= 4 is 27.5 Å². The van der Waals surface area contributed by atoms with Crippen molar-refractivity contribution < 1.29 is 9.66 Å². The van der Waals surface area contributed by atoms with Gasteiger partial charge in [0.25, 0.3) is 6.04 Å². The quantitative estimate of drug-likeness (QED) is 0.331. The van der Waals surface area contributed by atoms with Crippen LogP contribution in [0.2, 0.25) is 0 Å². The summed E-state index contributed by atoms with van der Waals surface area (Å²) in [7, 11) is 9.24. The van der Waals surface area contributed by atoms with Gasteiger partial charge in [-0.3, -0.25) is 10.1 Å². The average molecular weight is 512 g/mol. The van der Waals surface area contributed by atoms with E-state index in [9.17, 15) is 10.1 Å². The van der Waals surface area contributed by atoms with Gasteiger partial charge in [-0.2, -0.15) is 0 Å². The van der Waals surface area contributed by atoms with Gasteiger partial charge in [-0.25, -0.2) is 9.97 Å². The number of hydrogen-bond donors (Lipinski definition) is 2. The molecule has 0 spiro atoms. The lowest BCUT2D eigenvalue weighted by Crippen LogP contribution is -2.57. The first-order valence-corrected chi connectivity index (χ1v) is 12.5. The molecule has 1 aliphatic rings. The molecule has 0 aliphatic heterocycles. The molecule has 36 heavy (non-hydrogen) atoms. The highest BCUT2D eigenvalue weighted by atomic mass is 32.1. The van der Waals surface area contributed by atoms with Crippen LogP contribution in [0, 0.1) is 24.0 Å². The van der Waals surface area contributed by atoms with Gasteiger partial charge in [-0.05, 0) is 66.2 Å². The third-order valence-corrected chi connectivity index (χ3v) is 7.95. The van der Waals surface area contributed by atoms with Crippen molar-refractivity contribution in [2.45, 2.75) is 31.8 Å². The van der Waals surface area contributed by atoms with Crippen LogP contribution in [0.15, 0.2) is 41.9 Å². The zero-order valence-electron chi connectivity index (χ0n) is 21.7. The Hall–Kier alpha value is -3.28. The van der Waals surface area contributed by atoms with Gasteiger partial charge in [0.1, 0.15) is 16.1 Å². The molecule has 0 saturated heterocycles. The zero-order chi connectivity index (χ0) is 26.2. The molecule has 1 aliphatic carbocycles. The summed E-state index contributed by atoms with van der Waals surface area (Å²) >= 11 is 1.75. The van der Waals surface area contributed by atoms with Crippen molar-refractivity contribution in [2.75, 3.05) is 40.1 Å². The normalized spacial score (nSPS) is 19.9. The fourth-order valence-electron chi connectivity index (χ4n) is 4.73. The van der Waals surface area contributed by atoms with Crippen LogP contribution in [0.3, 0.4) is 0 Å². The summed E-state index contributed by atoms with van der Waals surface area (Å²) in [5.74, 6) is 0.847. The Morgan fingerprint density at radius 2 is 2.11 bits per heavy atom. The largest absolute Gasteiger partial charge is 0.495 e. The Balaban J connectivity index is 1.71. The second-order valence-electron chi connectivity index (χ2n) is 9.35. The van der Waals surface area contributed by atoms with E-state index in [-0.39, 0.29) is 4.92 Å². The van der Waals surface area contributed by atoms with Gasteiger partial charge in [0.2, 0.25) is 5.95 Å². The van der Waals surface area contributed by atoms with E-state index >= 15 is 0 Å². The average Bonchev–Trinajstić information content (AvgIpc) is 3.33. The molecule has 0 aromatic carbocycles. The maximum Gasteiger partial charge on any atom is 0.255 e. The molecule has 4 rings (SSSR count). The number of ether oxygens (including phenoxy) is 1. The maximum absolute atomic E-state index is 12.1. The highest BCUT2D eigenvalue weighted by Crippen LogP contribution is 2.38. The molecule has 2 unspecified atom stereocenters. The molecule has 192 valence electrons. The Morgan fingerprint density at radius 3 is 2.75 bits per heavy atom. The second-order valence-corrected chi connectivity index (χ2v) is 10.6. The summed E-state index contributed by atoms with van der Waals surface area (Å²) in [5.41, 5.74) is 2.53. The third-order valence-electron chi connectivity index (χ3n) is 6.82. The minimum absolute atomic E-state index is 0.267. The summed E-state index contributed by atoms with van der Waals surface area (Å²) in [4.78, 5) is 25.5. The molecular weight excluding hydrogens is 478 g/mol. The van der Waals surface area contributed by atoms with Crippen LogP contribution >= 0.6 is 11.3 Å². The molecule has 3 aromatic heterocycles. The fraction of sp³-hybridized carbons (Fsp3) is 0.440. The van der Waals surface area contributed by atoms with Crippen molar-refractivity contribution in [1.82, 2.24) is 24.8 Å². The van der Waals surface area contributed by atoms with E-state index in [0.717, 1.165) is 22.3 Å². The molecule has 0 amide bonds. The molecule has 2 N–H and O–H groups in total. The molecule has 3 heterocycles. The number of thiophene rings is 1. The predicted octanol–water partition coefficient (Wildman–Crippen LogP) is 3.71. The zero-order valence-corrected chi connectivity index (χ0v) is 22.6. The smallest absolute Gasteiger partial charge is 0.255 e. The lowest BCUT2D eigenvalue weighted by Gasteiger charge is -2.36. The number of nitrogens with zero attached hydrogens (tertiary/aromatic N) is 5. The van der Waals surface area contributed by atoms with Crippen LogP contribution in [0.25, 0.3) is 21.5 Å². The first kappa shape index (κ1) is 25.8. The molecule has 0 bridgehead atoms. The Kier molecular flexibility index (Phi) is 7.17. The summed E-state index contributed by atoms with van der Waals surface area (Å²) in [6.45, 7) is 4.85. The van der Waals surface area contributed by atoms with Crippen LogP contribution < -0.4 is 10.6 Å². The summed E-state index contributed by atoms with van der Waals surface area (Å²) in [6.07, 6.45) is 5.63. The van der Waals surface area contributed by atoms with Gasteiger partial charge < -0.3 is 24.8 Å². The van der Waals surface area contributed by atoms with E-state index in [1.54, 1.807) is 43.8 Å². The Morgan fingerprint density at radius 1 is 1.36 bits per heavy atom. The van der Waals surface area contributed by atoms with E-state index in [2.05, 4.69) is 47.1 Å². The number of anilines is 1. The van der Waals surface area contributed by atoms with Crippen LogP contribution in [-0.4, -0.2) is 70.7 Å². The second kappa shape index (κ2) is 10.00. The van der Waals surface area contributed by atoms with Crippen molar-refractivity contribution in [3.05, 3.63) is 62.6 Å². The van der Waals surface area contributed by atoms with Crippen LogP contribution in [0.5, 0.6) is 0 Å². The van der Waals surface area contributed by atoms with Gasteiger partial charge >= 0.3 is 0 Å². The summed E-state index contributed by atoms with van der Waals surface area (Å²) in [5, 5.41) is 19.7. The first-order chi connectivity index (χ1) is 17.1. The minimum atomic E-state index is -1.00. The van der Waals surface area contributed by atoms with Crippen LogP contribution in [0.4, 0.5) is 5.95 Å². The van der Waals surface area contributed by atoms with E-state index in [4.69, 9.17) is 9.72 Å². The van der Waals surface area contributed by atoms with E-state index < -0.39 is 11.6 Å². The van der Waals surface area contributed by atoms with Crippen molar-refractivity contribution in [2.24, 2.45) is 7.05 Å². The van der Waals surface area contributed by atoms with E-state index in [0.29, 0.717) is 30.4 Å². The van der Waals surface area contributed by atoms with Gasteiger partial charge in [0.15, 0.2) is 0 Å². The fourth-order valence-corrected chi connectivity index (χ4v) is 5.75. The molecule has 0 saturated carbocycles. The molecule has 3 aromatic rings. The van der Waals surface area contributed by atoms with Gasteiger partial charge in [-0.1, -0.05) is 0 Å². The number of nitro groups is 1. The summed E-state index contributed by atoms with van der Waals surface area (Å²) in [6, 6.07) is 3.06. The van der Waals surface area contributed by atoms with Gasteiger partial charge in [-0.15, -0.1) is 11.3 Å². The molecular formula is C25H33N7O3S. The maximum atomic E-state index is 12.1. The van der Waals surface area contributed by atoms with Gasteiger partial charge in [0.05, 0.1) is 18.5 Å². The lowest BCUT2D eigenvalue weighted by molar-refractivity contribution is -0.519. The number of likely N-dealkylation sites (N-methyl/N-ethyl adjacent to an activating group) is 1. The van der Waals surface area contributed by atoms with Crippen molar-refractivity contribution in [3.8, 4) is 11.3 Å². The number of nitrogens with one attached hydrogen (secondary N) is 2. The number of rotatable bonds is 9. The highest BCUT2D eigenvalue weighted by molar-refractivity contribution is 7.18. The lowest BCUT2D eigenvalue weighted by atomic mass is 9.82. The van der Waals surface area contributed by atoms with Crippen LogP contribution in [-0.2, 0) is 11.8 Å². The molecule has 2 atom stereocenters. The SMILES string of the molecule is CNC1(CCN(C)C)C=C(OC)C(Nc2nccc(-c3c(C)n(C)c4sc(C)cc34)n2)=CC1[N+](=O)[O-]. The monoisotopic (exact) mass is 511 g/mol. The predicted molar refractivity (Wildman–Crippen MR) is 144 cm³/mol. The minimum Gasteiger partial charge on any atom is -0.495 e. The standard InChI is InChI=1S/C25H33N7O3S/c1-15-12-17-22(16(2)31(6)23(17)36-15)18-8-10-27-24(28-18)29-19-13-21(32(33)34)25(26-3,9-11-30(4)5)14-20(19)35-7/h8,10,12-14,21,26H,9,11H2,1-7H3,(H,27,28,29). The molecule has 11 heteroatoms. The molecule has 10 nitrogen and oxygen atoms in total. The number of methoxy groups -OCH3 is 1. The van der Waals surface area contributed by atoms with E-state index in [1.807, 2.05) is 25.1 Å². The number of fused-ring (bicyclic) bond motifs is 1. The topological polar surface area (TPSA) is 110 Å². The summed E-state index contributed by atoms with van der Waals surface area (Å²) < 4.78 is 7.84.